The Balaban J connectivity index is 1.69. The van der Waals surface area contributed by atoms with Crippen LogP contribution in [0.25, 0.3) is 10.9 Å². The lowest BCUT2D eigenvalue weighted by atomic mass is 9.94. The molecule has 3 aromatic rings. The highest BCUT2D eigenvalue weighted by molar-refractivity contribution is 6.04. The molecule has 4 rings (SSSR count). The summed E-state index contributed by atoms with van der Waals surface area (Å²) in [6, 6.07) is 7.33. The molecule has 1 aliphatic rings. The van der Waals surface area contributed by atoms with Gasteiger partial charge in [-0.1, -0.05) is 0 Å². The summed E-state index contributed by atoms with van der Waals surface area (Å²) in [6.07, 6.45) is 2.87. The van der Waals surface area contributed by atoms with E-state index in [4.69, 9.17) is 0 Å². The molecule has 1 aromatic heterocycles. The zero-order valence-electron chi connectivity index (χ0n) is 12.5. The third kappa shape index (κ3) is 2.26. The number of anilines is 1. The van der Waals surface area contributed by atoms with Gasteiger partial charge >= 0.3 is 0 Å². The van der Waals surface area contributed by atoms with Gasteiger partial charge in [-0.2, -0.15) is 0 Å². The van der Waals surface area contributed by atoms with Crippen LogP contribution in [-0.4, -0.2) is 10.9 Å². The van der Waals surface area contributed by atoms with Crippen LogP contribution in [0.1, 0.15) is 18.4 Å². The van der Waals surface area contributed by atoms with Crippen molar-refractivity contribution in [2.45, 2.75) is 18.3 Å². The molecule has 0 atom stereocenters. The molecule has 1 aliphatic carbocycles. The monoisotopic (exact) mass is 330 g/mol. The van der Waals surface area contributed by atoms with E-state index in [1.54, 1.807) is 12.3 Å². The topological polar surface area (TPSA) is 44.9 Å². The van der Waals surface area contributed by atoms with Gasteiger partial charge in [0.05, 0.1) is 11.1 Å². The highest BCUT2D eigenvalue weighted by Crippen LogP contribution is 2.51. The number of carbonyl (C=O) groups is 1. The van der Waals surface area contributed by atoms with Gasteiger partial charge in [0.1, 0.15) is 17.5 Å². The summed E-state index contributed by atoms with van der Waals surface area (Å²) in [5, 5.41) is 3.16. The van der Waals surface area contributed by atoms with Crippen LogP contribution in [0.2, 0.25) is 0 Å². The first kappa shape index (κ1) is 14.8. The van der Waals surface area contributed by atoms with Crippen molar-refractivity contribution in [3.63, 3.8) is 0 Å². The van der Waals surface area contributed by atoms with E-state index in [9.17, 15) is 18.0 Å². The SMILES string of the molecule is O=C(Nc1ccc(F)cc1F)C1(c2c[nH]c3ccc(F)cc23)CC1. The Morgan fingerprint density at radius 2 is 1.75 bits per heavy atom. The Kier molecular flexibility index (Phi) is 3.16. The smallest absolute Gasteiger partial charge is 0.235 e. The summed E-state index contributed by atoms with van der Waals surface area (Å²) in [5.41, 5.74) is 0.543. The van der Waals surface area contributed by atoms with Crippen molar-refractivity contribution < 1.29 is 18.0 Å². The molecule has 0 spiro atoms. The minimum atomic E-state index is -0.830. The minimum absolute atomic E-state index is 0.0707. The zero-order chi connectivity index (χ0) is 16.9. The molecule has 1 saturated carbocycles. The van der Waals surface area contributed by atoms with E-state index in [1.165, 1.54) is 18.2 Å². The standard InChI is InChI=1S/C18H13F3N2O/c19-10-1-3-15-12(7-10)13(9-22-15)18(5-6-18)17(24)23-16-4-2-11(20)8-14(16)21/h1-4,7-9,22H,5-6H2,(H,23,24). The third-order valence-corrected chi connectivity index (χ3v) is 4.52. The Bertz CT molecular complexity index is 960. The summed E-state index contributed by atoms with van der Waals surface area (Å²) in [7, 11) is 0. The number of halogens is 3. The maximum absolute atomic E-state index is 13.8. The van der Waals surface area contributed by atoms with E-state index in [0.29, 0.717) is 23.8 Å². The molecule has 24 heavy (non-hydrogen) atoms. The first-order valence-electron chi connectivity index (χ1n) is 7.53. The van der Waals surface area contributed by atoms with Gasteiger partial charge < -0.3 is 10.3 Å². The highest BCUT2D eigenvalue weighted by atomic mass is 19.1. The normalized spacial score (nSPS) is 15.5. The van der Waals surface area contributed by atoms with Gasteiger partial charge in [0.15, 0.2) is 0 Å². The number of hydrogen-bond acceptors (Lipinski definition) is 1. The van der Waals surface area contributed by atoms with Gasteiger partial charge in [-0.3, -0.25) is 4.79 Å². The van der Waals surface area contributed by atoms with Gasteiger partial charge in [-0.05, 0) is 48.7 Å². The lowest BCUT2D eigenvalue weighted by Crippen LogP contribution is -2.28. The molecule has 0 radical (unpaired) electrons. The molecule has 3 nitrogen and oxygen atoms in total. The Hall–Kier alpha value is -2.76. The maximum Gasteiger partial charge on any atom is 0.235 e. The number of fused-ring (bicyclic) bond motifs is 1. The molecule has 1 amide bonds. The number of hydrogen-bond donors (Lipinski definition) is 2. The van der Waals surface area contributed by atoms with E-state index in [2.05, 4.69) is 10.3 Å². The molecule has 0 bridgehead atoms. The predicted molar refractivity (Wildman–Crippen MR) is 84.2 cm³/mol. The molecule has 1 fully saturated rings. The fourth-order valence-electron chi connectivity index (χ4n) is 3.07. The maximum atomic E-state index is 13.8. The van der Waals surface area contributed by atoms with Crippen LogP contribution in [0.15, 0.2) is 42.6 Å². The van der Waals surface area contributed by atoms with E-state index < -0.39 is 17.0 Å². The molecular formula is C18H13F3N2O. The largest absolute Gasteiger partial charge is 0.361 e. The molecule has 2 aromatic carbocycles. The number of amides is 1. The number of benzene rings is 2. The van der Waals surface area contributed by atoms with Crippen LogP contribution in [0.4, 0.5) is 18.9 Å². The second kappa shape index (κ2) is 5.12. The van der Waals surface area contributed by atoms with Gasteiger partial charge in [-0.15, -0.1) is 0 Å². The van der Waals surface area contributed by atoms with Crippen LogP contribution in [0.3, 0.4) is 0 Å². The van der Waals surface area contributed by atoms with Gasteiger partial charge in [0.25, 0.3) is 0 Å². The van der Waals surface area contributed by atoms with Gasteiger partial charge in [0, 0.05) is 23.2 Å². The Labute approximate surface area is 135 Å². The Morgan fingerprint density at radius 1 is 1.04 bits per heavy atom. The van der Waals surface area contributed by atoms with E-state index in [1.807, 2.05) is 0 Å². The summed E-state index contributed by atoms with van der Waals surface area (Å²) in [5.74, 6) is -2.30. The molecule has 1 heterocycles. The summed E-state index contributed by atoms with van der Waals surface area (Å²) >= 11 is 0. The average molecular weight is 330 g/mol. The van der Waals surface area contributed by atoms with Gasteiger partial charge in [-0.25, -0.2) is 13.2 Å². The van der Waals surface area contributed by atoms with E-state index in [0.717, 1.165) is 17.6 Å². The third-order valence-electron chi connectivity index (χ3n) is 4.52. The lowest BCUT2D eigenvalue weighted by molar-refractivity contribution is -0.118. The molecule has 0 aliphatic heterocycles. The van der Waals surface area contributed by atoms with Crippen molar-refractivity contribution in [3.05, 3.63) is 65.6 Å². The first-order valence-corrected chi connectivity index (χ1v) is 7.53. The number of H-pyrrole nitrogens is 1. The summed E-state index contributed by atoms with van der Waals surface area (Å²) in [6.45, 7) is 0. The van der Waals surface area contributed by atoms with Crippen LogP contribution in [0, 0.1) is 17.5 Å². The van der Waals surface area contributed by atoms with E-state index in [-0.39, 0.29) is 17.4 Å². The van der Waals surface area contributed by atoms with Crippen molar-refractivity contribution in [3.8, 4) is 0 Å². The average Bonchev–Trinajstić information content (AvgIpc) is 3.24. The zero-order valence-corrected chi connectivity index (χ0v) is 12.5. The van der Waals surface area contributed by atoms with Crippen molar-refractivity contribution in [2.75, 3.05) is 5.32 Å². The second-order valence-corrected chi connectivity index (χ2v) is 6.05. The summed E-state index contributed by atoms with van der Waals surface area (Å²) < 4.78 is 40.3. The molecule has 122 valence electrons. The van der Waals surface area contributed by atoms with Crippen LogP contribution in [0.5, 0.6) is 0 Å². The minimum Gasteiger partial charge on any atom is -0.361 e. The molecule has 0 saturated heterocycles. The predicted octanol–water partition coefficient (Wildman–Crippen LogP) is 4.26. The number of aromatic amines is 1. The van der Waals surface area contributed by atoms with Crippen LogP contribution in [-0.2, 0) is 10.2 Å². The lowest BCUT2D eigenvalue weighted by Gasteiger charge is -2.15. The van der Waals surface area contributed by atoms with Crippen LogP contribution < -0.4 is 5.32 Å². The Morgan fingerprint density at radius 3 is 2.46 bits per heavy atom. The highest BCUT2D eigenvalue weighted by Gasteiger charge is 2.52. The number of carbonyl (C=O) groups excluding carboxylic acids is 1. The van der Waals surface area contributed by atoms with E-state index >= 15 is 0 Å². The van der Waals surface area contributed by atoms with Crippen molar-refractivity contribution >= 4 is 22.5 Å². The second-order valence-electron chi connectivity index (χ2n) is 6.05. The van der Waals surface area contributed by atoms with Crippen molar-refractivity contribution in [1.82, 2.24) is 4.98 Å². The molecule has 6 heteroatoms. The first-order chi connectivity index (χ1) is 11.5. The molecular weight excluding hydrogens is 317 g/mol. The quantitative estimate of drug-likeness (QED) is 0.741. The number of rotatable bonds is 3. The number of aromatic nitrogens is 1. The number of nitrogens with one attached hydrogen (secondary N) is 2. The van der Waals surface area contributed by atoms with Crippen LogP contribution >= 0.6 is 0 Å². The molecule has 2 N–H and O–H groups in total. The van der Waals surface area contributed by atoms with Crippen molar-refractivity contribution in [1.29, 1.82) is 0 Å². The van der Waals surface area contributed by atoms with Crippen molar-refractivity contribution in [2.24, 2.45) is 0 Å². The molecule has 0 unspecified atom stereocenters. The fourth-order valence-corrected chi connectivity index (χ4v) is 3.07. The summed E-state index contributed by atoms with van der Waals surface area (Å²) in [4.78, 5) is 15.7. The fraction of sp³-hybridized carbons (Fsp3) is 0.167. The van der Waals surface area contributed by atoms with Gasteiger partial charge in [0.2, 0.25) is 5.91 Å².